The van der Waals surface area contributed by atoms with Crippen LogP contribution >= 0.6 is 0 Å². The maximum Gasteiger partial charge on any atom is 0.250 e. The minimum atomic E-state index is -1.96. The third kappa shape index (κ3) is 3.39. The standard InChI is InChI=1S/C21H24O4Si/c1-21(2,3)26(4,5)25-16-10-11-17-19(12-16)24-13-18(20(17)23)14-6-8-15(22)9-7-14/h6-13,22H,1-5H3. The number of hydrogen-bond donors (Lipinski definition) is 1. The van der Waals surface area contributed by atoms with Gasteiger partial charge in [-0.3, -0.25) is 4.79 Å². The van der Waals surface area contributed by atoms with Crippen LogP contribution in [0.2, 0.25) is 18.1 Å². The van der Waals surface area contributed by atoms with Crippen LogP contribution in [-0.4, -0.2) is 13.4 Å². The molecule has 136 valence electrons. The second-order valence-electron chi connectivity index (χ2n) is 8.05. The van der Waals surface area contributed by atoms with Crippen molar-refractivity contribution < 1.29 is 13.9 Å². The third-order valence-corrected chi connectivity index (χ3v) is 9.46. The van der Waals surface area contributed by atoms with Crippen LogP contribution in [0.25, 0.3) is 22.1 Å². The lowest BCUT2D eigenvalue weighted by Gasteiger charge is -2.36. The van der Waals surface area contributed by atoms with Gasteiger partial charge in [-0.25, -0.2) is 0 Å². The number of hydrogen-bond acceptors (Lipinski definition) is 4. The number of phenols is 1. The summed E-state index contributed by atoms with van der Waals surface area (Å²) in [5.41, 5.74) is 1.58. The van der Waals surface area contributed by atoms with Crippen molar-refractivity contribution in [1.82, 2.24) is 0 Å². The summed E-state index contributed by atoms with van der Waals surface area (Å²) in [6, 6.07) is 11.9. The van der Waals surface area contributed by atoms with Crippen molar-refractivity contribution in [3.8, 4) is 22.6 Å². The van der Waals surface area contributed by atoms with Crippen LogP contribution in [0.5, 0.6) is 11.5 Å². The predicted molar refractivity (Wildman–Crippen MR) is 107 cm³/mol. The van der Waals surface area contributed by atoms with Crippen molar-refractivity contribution in [2.24, 2.45) is 0 Å². The van der Waals surface area contributed by atoms with Gasteiger partial charge in [0.25, 0.3) is 0 Å². The van der Waals surface area contributed by atoms with E-state index in [0.717, 1.165) is 5.75 Å². The third-order valence-electron chi connectivity index (χ3n) is 5.10. The zero-order valence-corrected chi connectivity index (χ0v) is 16.8. The van der Waals surface area contributed by atoms with Crippen molar-refractivity contribution >= 4 is 19.3 Å². The Bertz CT molecular complexity index is 995. The van der Waals surface area contributed by atoms with E-state index in [9.17, 15) is 9.90 Å². The van der Waals surface area contributed by atoms with Gasteiger partial charge in [-0.1, -0.05) is 32.9 Å². The Morgan fingerprint density at radius 2 is 1.69 bits per heavy atom. The summed E-state index contributed by atoms with van der Waals surface area (Å²) in [7, 11) is -1.96. The van der Waals surface area contributed by atoms with Crippen LogP contribution in [0.3, 0.4) is 0 Å². The number of phenolic OH excluding ortho intramolecular Hbond substituents is 1. The fourth-order valence-corrected chi connectivity index (χ4v) is 3.48. The smallest absolute Gasteiger partial charge is 0.250 e. The average Bonchev–Trinajstić information content (AvgIpc) is 2.55. The quantitative estimate of drug-likeness (QED) is 0.616. The van der Waals surface area contributed by atoms with E-state index in [-0.39, 0.29) is 16.2 Å². The van der Waals surface area contributed by atoms with Crippen LogP contribution in [0.1, 0.15) is 20.8 Å². The highest BCUT2D eigenvalue weighted by Crippen LogP contribution is 2.37. The Morgan fingerprint density at radius 1 is 1.04 bits per heavy atom. The molecule has 0 spiro atoms. The first-order valence-electron chi connectivity index (χ1n) is 8.62. The molecule has 0 radical (unpaired) electrons. The maximum atomic E-state index is 12.8. The molecule has 26 heavy (non-hydrogen) atoms. The fraction of sp³-hybridized carbons (Fsp3) is 0.286. The van der Waals surface area contributed by atoms with Crippen LogP contribution in [-0.2, 0) is 0 Å². The highest BCUT2D eigenvalue weighted by Gasteiger charge is 2.39. The van der Waals surface area contributed by atoms with Gasteiger partial charge >= 0.3 is 0 Å². The molecule has 1 N–H and O–H groups in total. The molecule has 0 fully saturated rings. The summed E-state index contributed by atoms with van der Waals surface area (Å²) in [4.78, 5) is 12.8. The lowest BCUT2D eigenvalue weighted by atomic mass is 10.1. The monoisotopic (exact) mass is 368 g/mol. The molecule has 0 aliphatic heterocycles. The van der Waals surface area contributed by atoms with Gasteiger partial charge in [-0.15, -0.1) is 0 Å². The first-order valence-corrected chi connectivity index (χ1v) is 11.5. The molecule has 0 saturated carbocycles. The molecular weight excluding hydrogens is 344 g/mol. The van der Waals surface area contributed by atoms with E-state index in [1.807, 2.05) is 6.07 Å². The predicted octanol–water partition coefficient (Wildman–Crippen LogP) is 5.55. The summed E-state index contributed by atoms with van der Waals surface area (Å²) in [6.45, 7) is 10.9. The van der Waals surface area contributed by atoms with Gasteiger partial charge in [-0.05, 0) is 48.0 Å². The highest BCUT2D eigenvalue weighted by atomic mass is 28.4. The van der Waals surface area contributed by atoms with Crippen LogP contribution in [0.4, 0.5) is 0 Å². The molecule has 0 saturated heterocycles. The van der Waals surface area contributed by atoms with Crippen molar-refractivity contribution in [1.29, 1.82) is 0 Å². The minimum Gasteiger partial charge on any atom is -0.543 e. The Balaban J connectivity index is 2.02. The largest absolute Gasteiger partial charge is 0.543 e. The highest BCUT2D eigenvalue weighted by molar-refractivity contribution is 6.74. The summed E-state index contributed by atoms with van der Waals surface area (Å²) in [6.07, 6.45) is 1.47. The van der Waals surface area contributed by atoms with Gasteiger partial charge in [0.1, 0.15) is 23.3 Å². The van der Waals surface area contributed by atoms with Gasteiger partial charge in [0.05, 0.1) is 10.9 Å². The summed E-state index contributed by atoms with van der Waals surface area (Å²) < 4.78 is 12.0. The lowest BCUT2D eigenvalue weighted by Crippen LogP contribution is -2.43. The molecular formula is C21H24O4Si. The van der Waals surface area contributed by atoms with Crippen molar-refractivity contribution in [3.63, 3.8) is 0 Å². The van der Waals surface area contributed by atoms with Crippen molar-refractivity contribution in [2.75, 3.05) is 0 Å². The Morgan fingerprint density at radius 3 is 2.31 bits per heavy atom. The zero-order valence-electron chi connectivity index (χ0n) is 15.8. The van der Waals surface area contributed by atoms with Gasteiger partial charge in [0.2, 0.25) is 8.32 Å². The van der Waals surface area contributed by atoms with Crippen molar-refractivity contribution in [3.05, 3.63) is 59.0 Å². The number of fused-ring (bicyclic) bond motifs is 1. The normalized spacial score (nSPS) is 12.3. The molecule has 0 bridgehead atoms. The van der Waals surface area contributed by atoms with Crippen LogP contribution in [0.15, 0.2) is 57.9 Å². The summed E-state index contributed by atoms with van der Waals surface area (Å²) >= 11 is 0. The maximum absolute atomic E-state index is 12.8. The minimum absolute atomic E-state index is 0.0888. The molecule has 1 aromatic heterocycles. The molecule has 0 unspecified atom stereocenters. The molecule has 3 aromatic rings. The van der Waals surface area contributed by atoms with E-state index >= 15 is 0 Å². The molecule has 0 aliphatic rings. The molecule has 5 heteroatoms. The Labute approximate surface area is 154 Å². The van der Waals surface area contributed by atoms with Crippen LogP contribution < -0.4 is 9.85 Å². The van der Waals surface area contributed by atoms with Gasteiger partial charge in [0.15, 0.2) is 5.43 Å². The molecule has 1 heterocycles. The van der Waals surface area contributed by atoms with Gasteiger partial charge in [-0.2, -0.15) is 0 Å². The first-order chi connectivity index (χ1) is 12.1. The number of benzene rings is 2. The van der Waals surface area contributed by atoms with E-state index < -0.39 is 8.32 Å². The molecule has 4 nitrogen and oxygen atoms in total. The van der Waals surface area contributed by atoms with Crippen LogP contribution in [0, 0.1) is 0 Å². The molecule has 0 aliphatic carbocycles. The first kappa shape index (κ1) is 18.3. The number of rotatable bonds is 3. The second kappa shape index (κ2) is 6.32. The second-order valence-corrected chi connectivity index (χ2v) is 12.8. The zero-order chi connectivity index (χ0) is 19.1. The SMILES string of the molecule is CC(C)(C)[Si](C)(C)Oc1ccc2c(=O)c(-c3ccc(O)cc3)coc2c1. The molecule has 3 rings (SSSR count). The fourth-order valence-electron chi connectivity index (χ4n) is 2.46. The lowest BCUT2D eigenvalue weighted by molar-refractivity contribution is 0.475. The van der Waals surface area contributed by atoms with E-state index in [1.54, 1.807) is 36.4 Å². The Hall–Kier alpha value is -2.53. The Kier molecular flexibility index (Phi) is 4.44. The van der Waals surface area contributed by atoms with E-state index in [1.165, 1.54) is 6.26 Å². The molecule has 2 aromatic carbocycles. The van der Waals surface area contributed by atoms with Crippen molar-refractivity contribution in [2.45, 2.75) is 38.9 Å². The van der Waals surface area contributed by atoms with E-state index in [2.05, 4.69) is 33.9 Å². The topological polar surface area (TPSA) is 59.7 Å². The van der Waals surface area contributed by atoms with Gasteiger partial charge in [0, 0.05) is 6.07 Å². The summed E-state index contributed by atoms with van der Waals surface area (Å²) in [5, 5.41) is 10.0. The molecule has 0 atom stereocenters. The number of aromatic hydroxyl groups is 1. The van der Waals surface area contributed by atoms with E-state index in [4.69, 9.17) is 8.84 Å². The average molecular weight is 369 g/mol. The van der Waals surface area contributed by atoms with E-state index in [0.29, 0.717) is 22.1 Å². The van der Waals surface area contributed by atoms with Gasteiger partial charge < -0.3 is 13.9 Å². The molecule has 0 amide bonds. The summed E-state index contributed by atoms with van der Waals surface area (Å²) in [5.74, 6) is 0.885.